The maximum atomic E-state index is 5.53. The summed E-state index contributed by atoms with van der Waals surface area (Å²) in [5.74, 6) is 0.512. The second-order valence-electron chi connectivity index (χ2n) is 3.84. The van der Waals surface area contributed by atoms with Crippen molar-refractivity contribution in [2.24, 2.45) is 5.92 Å². The molecule has 0 bridgehead atoms. The van der Waals surface area contributed by atoms with Crippen LogP contribution in [-0.4, -0.2) is 13.1 Å². The van der Waals surface area contributed by atoms with Crippen LogP contribution in [0.3, 0.4) is 0 Å². The fourth-order valence-corrected chi connectivity index (χ4v) is 0.389. The van der Waals surface area contributed by atoms with Crippen molar-refractivity contribution < 1.29 is 4.65 Å². The second-order valence-corrected chi connectivity index (χ2v) is 3.84. The van der Waals surface area contributed by atoms with Crippen LogP contribution in [0, 0.1) is 5.92 Å². The van der Waals surface area contributed by atoms with Gasteiger partial charge in [-0.15, -0.1) is 6.58 Å². The third-order valence-corrected chi connectivity index (χ3v) is 1.95. The quantitative estimate of drug-likeness (QED) is 0.564. The molecule has 0 aromatic carbocycles. The molecule has 1 nitrogen and oxygen atoms in total. The van der Waals surface area contributed by atoms with Gasteiger partial charge in [0, 0.05) is 5.60 Å². The summed E-state index contributed by atoms with van der Waals surface area (Å²) in [5.41, 5.74) is 0.873. The van der Waals surface area contributed by atoms with Gasteiger partial charge in [-0.2, -0.15) is 0 Å². The average Bonchev–Trinajstić information content (AvgIpc) is 1.84. The molecule has 0 spiro atoms. The molecule has 0 aromatic heterocycles. The summed E-state index contributed by atoms with van der Waals surface area (Å²) in [6.45, 7) is 14.1. The van der Waals surface area contributed by atoms with E-state index in [1.807, 2.05) is 6.92 Å². The zero-order valence-corrected chi connectivity index (χ0v) is 8.27. The van der Waals surface area contributed by atoms with Gasteiger partial charge in [0.1, 0.15) is 0 Å². The Morgan fingerprint density at radius 2 is 1.91 bits per heavy atom. The zero-order chi connectivity index (χ0) is 9.07. The van der Waals surface area contributed by atoms with Gasteiger partial charge in [0.05, 0.1) is 0 Å². The van der Waals surface area contributed by atoms with Gasteiger partial charge >= 0.3 is 7.48 Å². The standard InChI is InChI=1S/C9H18BO/c1-7(2)9(5,6)11-10-8(3)4/h7H,3H2,1-2,4-6H3. The van der Waals surface area contributed by atoms with E-state index in [2.05, 4.69) is 34.3 Å². The first kappa shape index (κ1) is 10.8. The lowest BCUT2D eigenvalue weighted by atomic mass is 9.86. The molecule has 1 radical (unpaired) electrons. The normalized spacial score (nSPS) is 11.8. The summed E-state index contributed by atoms with van der Waals surface area (Å²) in [6, 6.07) is 0. The van der Waals surface area contributed by atoms with E-state index < -0.39 is 0 Å². The molecule has 2 heteroatoms. The van der Waals surface area contributed by atoms with E-state index in [4.69, 9.17) is 4.65 Å². The van der Waals surface area contributed by atoms with Gasteiger partial charge in [0.25, 0.3) is 0 Å². The van der Waals surface area contributed by atoms with Crippen LogP contribution in [0.1, 0.15) is 34.6 Å². The first-order valence-corrected chi connectivity index (χ1v) is 4.03. The van der Waals surface area contributed by atoms with Crippen LogP contribution in [0.25, 0.3) is 0 Å². The predicted octanol–water partition coefficient (Wildman–Crippen LogP) is 2.59. The minimum absolute atomic E-state index is 0.0844. The van der Waals surface area contributed by atoms with Crippen LogP contribution in [0.2, 0.25) is 0 Å². The third-order valence-electron chi connectivity index (χ3n) is 1.95. The second kappa shape index (κ2) is 3.96. The molecule has 0 aliphatic carbocycles. The Labute approximate surface area is 71.1 Å². The van der Waals surface area contributed by atoms with Gasteiger partial charge < -0.3 is 4.65 Å². The van der Waals surface area contributed by atoms with Crippen molar-refractivity contribution in [2.45, 2.75) is 40.2 Å². The lowest BCUT2D eigenvalue weighted by Crippen LogP contribution is -2.32. The highest BCUT2D eigenvalue weighted by atomic mass is 16.5. The predicted molar refractivity (Wildman–Crippen MR) is 50.6 cm³/mol. The Kier molecular flexibility index (Phi) is 3.87. The minimum atomic E-state index is -0.0844. The highest BCUT2D eigenvalue weighted by Gasteiger charge is 2.22. The summed E-state index contributed by atoms with van der Waals surface area (Å²) in [4.78, 5) is 0. The largest absolute Gasteiger partial charge is 0.430 e. The van der Waals surface area contributed by atoms with Crippen molar-refractivity contribution in [2.75, 3.05) is 0 Å². The Morgan fingerprint density at radius 3 is 2.18 bits per heavy atom. The first-order chi connectivity index (χ1) is 4.86. The van der Waals surface area contributed by atoms with E-state index in [-0.39, 0.29) is 5.60 Å². The third kappa shape index (κ3) is 4.25. The van der Waals surface area contributed by atoms with Crippen LogP contribution in [0.5, 0.6) is 0 Å². The summed E-state index contributed by atoms with van der Waals surface area (Å²) >= 11 is 0. The van der Waals surface area contributed by atoms with E-state index >= 15 is 0 Å². The molecule has 0 amide bonds. The molecule has 63 valence electrons. The Bertz CT molecular complexity index is 138. The van der Waals surface area contributed by atoms with Gasteiger partial charge in [0.15, 0.2) is 0 Å². The summed E-state index contributed by atoms with van der Waals surface area (Å²) < 4.78 is 5.53. The van der Waals surface area contributed by atoms with Crippen molar-refractivity contribution in [3.05, 3.63) is 12.1 Å². The molecule has 0 N–H and O–H groups in total. The van der Waals surface area contributed by atoms with E-state index in [1.165, 1.54) is 0 Å². The molecule has 0 rings (SSSR count). The van der Waals surface area contributed by atoms with Crippen molar-refractivity contribution in [1.29, 1.82) is 0 Å². The van der Waals surface area contributed by atoms with Gasteiger partial charge in [-0.1, -0.05) is 26.2 Å². The molecule has 0 fully saturated rings. The maximum Gasteiger partial charge on any atom is 0.325 e. The van der Waals surface area contributed by atoms with Gasteiger partial charge in [-0.05, 0) is 19.8 Å². The number of hydrogen-bond donors (Lipinski definition) is 0. The fraction of sp³-hybridized carbons (Fsp3) is 0.778. The van der Waals surface area contributed by atoms with Crippen LogP contribution in [0.15, 0.2) is 12.1 Å². The van der Waals surface area contributed by atoms with E-state index in [9.17, 15) is 0 Å². The molecule has 0 aliphatic rings. The number of hydrogen-bond acceptors (Lipinski definition) is 1. The summed E-state index contributed by atoms with van der Waals surface area (Å²) in [5, 5.41) is 0. The van der Waals surface area contributed by atoms with Crippen molar-refractivity contribution in [3.8, 4) is 0 Å². The first-order valence-electron chi connectivity index (χ1n) is 4.03. The molecule has 0 aromatic rings. The van der Waals surface area contributed by atoms with Crippen molar-refractivity contribution in [1.82, 2.24) is 0 Å². The lowest BCUT2D eigenvalue weighted by Gasteiger charge is -2.30. The fourth-order valence-electron chi connectivity index (χ4n) is 0.389. The van der Waals surface area contributed by atoms with Crippen LogP contribution in [-0.2, 0) is 4.65 Å². The minimum Gasteiger partial charge on any atom is -0.430 e. The topological polar surface area (TPSA) is 9.23 Å². The maximum absolute atomic E-state index is 5.53. The van der Waals surface area contributed by atoms with Crippen molar-refractivity contribution in [3.63, 3.8) is 0 Å². The highest BCUT2D eigenvalue weighted by Crippen LogP contribution is 2.19. The SMILES string of the molecule is C=C(C)[B]OC(C)(C)C(C)C. The molecular formula is C9H18BO. The number of rotatable bonds is 4. The van der Waals surface area contributed by atoms with Crippen LogP contribution in [0.4, 0.5) is 0 Å². The van der Waals surface area contributed by atoms with Gasteiger partial charge in [-0.25, -0.2) is 0 Å². The zero-order valence-electron chi connectivity index (χ0n) is 8.27. The molecule has 0 atom stereocenters. The smallest absolute Gasteiger partial charge is 0.325 e. The molecule has 0 saturated heterocycles. The Morgan fingerprint density at radius 1 is 1.45 bits per heavy atom. The molecular weight excluding hydrogens is 135 g/mol. The van der Waals surface area contributed by atoms with E-state index in [0.29, 0.717) is 5.92 Å². The number of allylic oxidation sites excluding steroid dienone is 1. The molecule has 0 heterocycles. The monoisotopic (exact) mass is 153 g/mol. The lowest BCUT2D eigenvalue weighted by molar-refractivity contribution is 0.0659. The van der Waals surface area contributed by atoms with Crippen molar-refractivity contribution >= 4 is 7.48 Å². The van der Waals surface area contributed by atoms with E-state index in [1.54, 1.807) is 7.48 Å². The summed E-state index contributed by atoms with van der Waals surface area (Å²) in [6.07, 6.45) is 0. The molecule has 11 heavy (non-hydrogen) atoms. The van der Waals surface area contributed by atoms with Gasteiger partial charge in [0.2, 0.25) is 0 Å². The molecule has 0 aliphatic heterocycles. The highest BCUT2D eigenvalue weighted by molar-refractivity contribution is 6.37. The van der Waals surface area contributed by atoms with E-state index in [0.717, 1.165) is 5.47 Å². The summed E-state index contributed by atoms with van der Waals surface area (Å²) in [7, 11) is 1.72. The Balaban J connectivity index is 3.82. The molecule has 0 saturated carbocycles. The Hall–Kier alpha value is -0.235. The van der Waals surface area contributed by atoms with Crippen LogP contribution >= 0.6 is 0 Å². The average molecular weight is 153 g/mol. The van der Waals surface area contributed by atoms with Gasteiger partial charge in [-0.3, -0.25) is 0 Å². The van der Waals surface area contributed by atoms with Crippen LogP contribution < -0.4 is 0 Å². The molecule has 0 unspecified atom stereocenters.